The summed E-state index contributed by atoms with van der Waals surface area (Å²) < 4.78 is 5.29. The molecule has 5 heteroatoms. The molecular weight excluding hydrogens is 228 g/mol. The van der Waals surface area contributed by atoms with Crippen molar-refractivity contribution in [2.45, 2.75) is 45.6 Å². The summed E-state index contributed by atoms with van der Waals surface area (Å²) in [6.07, 6.45) is 5.59. The third kappa shape index (κ3) is 3.78. The molecule has 0 amide bonds. The molecule has 2 rings (SSSR count). The molecule has 2 heterocycles. The van der Waals surface area contributed by atoms with Gasteiger partial charge in [-0.1, -0.05) is 18.5 Å². The SMILES string of the molecule is CCCCc1noc(CN2CCC(CN)CC2)n1. The van der Waals surface area contributed by atoms with Crippen molar-refractivity contribution in [1.29, 1.82) is 0 Å². The predicted molar refractivity (Wildman–Crippen MR) is 70.0 cm³/mol. The average molecular weight is 252 g/mol. The second kappa shape index (κ2) is 6.85. The van der Waals surface area contributed by atoms with Gasteiger partial charge in [-0.15, -0.1) is 0 Å². The molecule has 0 spiro atoms. The molecule has 0 radical (unpaired) electrons. The Labute approximate surface area is 109 Å². The fourth-order valence-electron chi connectivity index (χ4n) is 2.36. The summed E-state index contributed by atoms with van der Waals surface area (Å²) in [5.41, 5.74) is 5.69. The Hall–Kier alpha value is -0.940. The van der Waals surface area contributed by atoms with Gasteiger partial charge in [-0.25, -0.2) is 0 Å². The van der Waals surface area contributed by atoms with E-state index in [9.17, 15) is 0 Å². The summed E-state index contributed by atoms with van der Waals surface area (Å²) in [6, 6.07) is 0. The second-order valence-electron chi connectivity index (χ2n) is 5.16. The Balaban J connectivity index is 1.77. The molecule has 0 unspecified atom stereocenters. The van der Waals surface area contributed by atoms with Crippen LogP contribution in [-0.4, -0.2) is 34.7 Å². The van der Waals surface area contributed by atoms with Gasteiger partial charge in [0.25, 0.3) is 0 Å². The lowest BCUT2D eigenvalue weighted by atomic mass is 9.97. The zero-order valence-electron chi connectivity index (χ0n) is 11.3. The molecule has 0 saturated carbocycles. The standard InChI is InChI=1S/C13H24N4O/c1-2-3-4-12-15-13(18-16-12)10-17-7-5-11(9-14)6-8-17/h11H,2-10,14H2,1H3. The van der Waals surface area contributed by atoms with Crippen molar-refractivity contribution in [3.63, 3.8) is 0 Å². The zero-order valence-corrected chi connectivity index (χ0v) is 11.3. The number of piperidine rings is 1. The van der Waals surface area contributed by atoms with Crippen LogP contribution in [-0.2, 0) is 13.0 Å². The molecule has 2 N–H and O–H groups in total. The van der Waals surface area contributed by atoms with E-state index in [0.29, 0.717) is 5.92 Å². The van der Waals surface area contributed by atoms with Crippen LogP contribution in [0, 0.1) is 5.92 Å². The van der Waals surface area contributed by atoms with Crippen molar-refractivity contribution in [2.24, 2.45) is 11.7 Å². The van der Waals surface area contributed by atoms with E-state index < -0.39 is 0 Å². The smallest absolute Gasteiger partial charge is 0.240 e. The largest absolute Gasteiger partial charge is 0.338 e. The first-order chi connectivity index (χ1) is 8.81. The van der Waals surface area contributed by atoms with Gasteiger partial charge < -0.3 is 10.3 Å². The van der Waals surface area contributed by atoms with E-state index in [2.05, 4.69) is 22.0 Å². The molecule has 1 aromatic rings. The van der Waals surface area contributed by atoms with Crippen molar-refractivity contribution >= 4 is 0 Å². The number of unbranched alkanes of at least 4 members (excludes halogenated alkanes) is 1. The Morgan fingerprint density at radius 2 is 2.17 bits per heavy atom. The molecule has 1 aliphatic rings. The summed E-state index contributed by atoms with van der Waals surface area (Å²) >= 11 is 0. The number of aryl methyl sites for hydroxylation is 1. The quantitative estimate of drug-likeness (QED) is 0.832. The number of likely N-dealkylation sites (tertiary alicyclic amines) is 1. The summed E-state index contributed by atoms with van der Waals surface area (Å²) in [4.78, 5) is 6.82. The van der Waals surface area contributed by atoms with E-state index in [-0.39, 0.29) is 0 Å². The fourth-order valence-corrected chi connectivity index (χ4v) is 2.36. The van der Waals surface area contributed by atoms with Gasteiger partial charge in [0.15, 0.2) is 5.82 Å². The molecule has 1 aromatic heterocycles. The summed E-state index contributed by atoms with van der Waals surface area (Å²) in [5, 5.41) is 4.02. The van der Waals surface area contributed by atoms with Crippen molar-refractivity contribution in [3.8, 4) is 0 Å². The molecule has 0 aliphatic carbocycles. The van der Waals surface area contributed by atoms with Crippen LogP contribution >= 0.6 is 0 Å². The van der Waals surface area contributed by atoms with Gasteiger partial charge in [0, 0.05) is 6.42 Å². The number of nitrogens with zero attached hydrogens (tertiary/aromatic N) is 3. The summed E-state index contributed by atoms with van der Waals surface area (Å²) in [5.74, 6) is 2.31. The minimum atomic E-state index is 0.698. The van der Waals surface area contributed by atoms with Crippen LogP contribution in [0.5, 0.6) is 0 Å². The first kappa shape index (κ1) is 13.5. The topological polar surface area (TPSA) is 68.2 Å². The van der Waals surface area contributed by atoms with Gasteiger partial charge in [-0.2, -0.15) is 4.98 Å². The van der Waals surface area contributed by atoms with E-state index in [1.165, 1.54) is 12.8 Å². The van der Waals surface area contributed by atoms with E-state index in [4.69, 9.17) is 10.3 Å². The predicted octanol–water partition coefficient (Wildman–Crippen LogP) is 1.58. The molecular formula is C13H24N4O. The molecule has 18 heavy (non-hydrogen) atoms. The van der Waals surface area contributed by atoms with Gasteiger partial charge in [-0.3, -0.25) is 4.90 Å². The highest BCUT2D eigenvalue weighted by atomic mass is 16.5. The lowest BCUT2D eigenvalue weighted by Gasteiger charge is -2.30. The first-order valence-electron chi connectivity index (χ1n) is 7.05. The summed E-state index contributed by atoms with van der Waals surface area (Å²) in [7, 11) is 0. The molecule has 102 valence electrons. The van der Waals surface area contributed by atoms with Crippen LogP contribution in [0.2, 0.25) is 0 Å². The van der Waals surface area contributed by atoms with Gasteiger partial charge in [0.2, 0.25) is 5.89 Å². The highest BCUT2D eigenvalue weighted by Gasteiger charge is 2.19. The second-order valence-corrected chi connectivity index (χ2v) is 5.16. The number of hydrogen-bond donors (Lipinski definition) is 1. The minimum Gasteiger partial charge on any atom is -0.338 e. The third-order valence-corrected chi connectivity index (χ3v) is 3.66. The number of nitrogens with two attached hydrogens (primary N) is 1. The minimum absolute atomic E-state index is 0.698. The van der Waals surface area contributed by atoms with Crippen molar-refractivity contribution in [2.75, 3.05) is 19.6 Å². The fraction of sp³-hybridized carbons (Fsp3) is 0.846. The Kier molecular flexibility index (Phi) is 5.13. The van der Waals surface area contributed by atoms with Gasteiger partial charge in [0.05, 0.1) is 6.54 Å². The molecule has 1 aliphatic heterocycles. The molecule has 1 saturated heterocycles. The van der Waals surface area contributed by atoms with E-state index in [0.717, 1.165) is 57.2 Å². The van der Waals surface area contributed by atoms with Crippen molar-refractivity contribution in [3.05, 3.63) is 11.7 Å². The zero-order chi connectivity index (χ0) is 12.8. The maximum atomic E-state index is 5.69. The highest BCUT2D eigenvalue weighted by molar-refractivity contribution is 4.87. The van der Waals surface area contributed by atoms with Gasteiger partial charge >= 0.3 is 0 Å². The number of rotatable bonds is 6. The van der Waals surface area contributed by atoms with Crippen LogP contribution < -0.4 is 5.73 Å². The summed E-state index contributed by atoms with van der Waals surface area (Å²) in [6.45, 7) is 5.96. The Morgan fingerprint density at radius 1 is 1.39 bits per heavy atom. The number of aromatic nitrogens is 2. The van der Waals surface area contributed by atoms with Crippen LogP contribution in [0.1, 0.15) is 44.3 Å². The van der Waals surface area contributed by atoms with Crippen LogP contribution in [0.25, 0.3) is 0 Å². The van der Waals surface area contributed by atoms with E-state index >= 15 is 0 Å². The average Bonchev–Trinajstić information content (AvgIpc) is 2.85. The molecule has 5 nitrogen and oxygen atoms in total. The lowest BCUT2D eigenvalue weighted by molar-refractivity contribution is 0.161. The number of hydrogen-bond acceptors (Lipinski definition) is 5. The highest BCUT2D eigenvalue weighted by Crippen LogP contribution is 2.17. The normalized spacial score (nSPS) is 18.3. The third-order valence-electron chi connectivity index (χ3n) is 3.66. The maximum absolute atomic E-state index is 5.69. The lowest BCUT2D eigenvalue weighted by Crippen LogP contribution is -2.35. The van der Waals surface area contributed by atoms with Crippen LogP contribution in [0.15, 0.2) is 4.52 Å². The van der Waals surface area contributed by atoms with Crippen molar-refractivity contribution in [1.82, 2.24) is 15.0 Å². The first-order valence-corrected chi connectivity index (χ1v) is 7.05. The Bertz CT molecular complexity index is 345. The molecule has 0 bridgehead atoms. The van der Waals surface area contributed by atoms with E-state index in [1.807, 2.05) is 0 Å². The van der Waals surface area contributed by atoms with Crippen molar-refractivity contribution < 1.29 is 4.52 Å². The van der Waals surface area contributed by atoms with Gasteiger partial charge in [-0.05, 0) is 44.8 Å². The maximum Gasteiger partial charge on any atom is 0.240 e. The molecule has 1 fully saturated rings. The monoisotopic (exact) mass is 252 g/mol. The molecule has 0 aromatic carbocycles. The van der Waals surface area contributed by atoms with Gasteiger partial charge in [0.1, 0.15) is 0 Å². The van der Waals surface area contributed by atoms with Crippen LogP contribution in [0.3, 0.4) is 0 Å². The van der Waals surface area contributed by atoms with Crippen LogP contribution in [0.4, 0.5) is 0 Å². The van der Waals surface area contributed by atoms with E-state index in [1.54, 1.807) is 0 Å². The Morgan fingerprint density at radius 3 is 2.83 bits per heavy atom. The molecule has 0 atom stereocenters.